The predicted molar refractivity (Wildman–Crippen MR) is 127 cm³/mol. The van der Waals surface area contributed by atoms with Gasteiger partial charge in [-0.25, -0.2) is 0 Å². The van der Waals surface area contributed by atoms with Crippen molar-refractivity contribution in [3.63, 3.8) is 0 Å². The van der Waals surface area contributed by atoms with Crippen molar-refractivity contribution in [2.24, 2.45) is 5.92 Å². The highest BCUT2D eigenvalue weighted by Gasteiger charge is 2.39. The maximum absolute atomic E-state index is 13.5. The van der Waals surface area contributed by atoms with Crippen LogP contribution >= 0.6 is 0 Å². The first-order valence-corrected chi connectivity index (χ1v) is 11.9. The van der Waals surface area contributed by atoms with Crippen LogP contribution in [-0.2, 0) is 29.5 Å². The Morgan fingerprint density at radius 3 is 1.07 bits per heavy atom. The molecule has 1 atom stereocenters. The van der Waals surface area contributed by atoms with Crippen LogP contribution in [-0.4, -0.2) is 11.1 Å². The lowest BCUT2D eigenvalue weighted by atomic mass is 9.85. The van der Waals surface area contributed by atoms with Crippen molar-refractivity contribution in [2.45, 2.75) is 50.9 Å². The summed E-state index contributed by atoms with van der Waals surface area (Å²) in [4.78, 5) is 12.1. The Morgan fingerprint density at radius 1 is 0.548 bits per heavy atom. The quantitative estimate of drug-likeness (QED) is 0.280. The van der Waals surface area contributed by atoms with Gasteiger partial charge in [0.2, 0.25) is 0 Å². The standard InChI is InChI=1S/C28H20F12O2/c1-13(2)3-23(24(41)42)18-5-14(16-7-19(25(29,30)31)11-20(8-16)26(32,33)34)4-15(6-18)17-9-21(27(35,36)37)12-22(10-17)28(38,39)40/h4-13,23H,3H2,1-2H3,(H,41,42). The summed E-state index contributed by atoms with van der Waals surface area (Å²) in [6, 6.07) is 3.70. The first kappa shape index (κ1) is 32.8. The maximum Gasteiger partial charge on any atom is 0.416 e. The van der Waals surface area contributed by atoms with Gasteiger partial charge in [0.15, 0.2) is 0 Å². The zero-order chi connectivity index (χ0) is 32.0. The van der Waals surface area contributed by atoms with E-state index in [2.05, 4.69) is 0 Å². The normalized spacial score (nSPS) is 13.9. The smallest absolute Gasteiger partial charge is 0.416 e. The van der Waals surface area contributed by atoms with Crippen molar-refractivity contribution in [3.05, 3.63) is 82.4 Å². The van der Waals surface area contributed by atoms with E-state index in [-0.39, 0.29) is 30.0 Å². The molecule has 1 N–H and O–H groups in total. The SMILES string of the molecule is CC(C)CC(C(=O)O)c1cc(-c2cc(C(F)(F)F)cc(C(F)(F)F)c2)cc(-c2cc(C(F)(F)F)cc(C(F)(F)F)c2)c1. The van der Waals surface area contributed by atoms with Crippen molar-refractivity contribution in [2.75, 3.05) is 0 Å². The summed E-state index contributed by atoms with van der Waals surface area (Å²) in [5.41, 5.74) is -9.61. The predicted octanol–water partition coefficient (Wildman–Crippen LogP) is 10.3. The Kier molecular flexibility index (Phi) is 8.73. The van der Waals surface area contributed by atoms with Crippen LogP contribution in [0.5, 0.6) is 0 Å². The van der Waals surface area contributed by atoms with E-state index >= 15 is 0 Å². The number of carboxylic acids is 1. The zero-order valence-electron chi connectivity index (χ0n) is 21.4. The van der Waals surface area contributed by atoms with Gasteiger partial charge in [-0.05, 0) is 82.6 Å². The Labute approximate surface area is 230 Å². The van der Waals surface area contributed by atoms with E-state index in [0.29, 0.717) is 24.3 Å². The first-order chi connectivity index (χ1) is 19.0. The monoisotopic (exact) mass is 616 g/mol. The average molecular weight is 616 g/mol. The average Bonchev–Trinajstić information content (AvgIpc) is 2.84. The molecule has 0 saturated heterocycles. The molecule has 3 aromatic rings. The lowest BCUT2D eigenvalue weighted by Crippen LogP contribution is -2.15. The van der Waals surface area contributed by atoms with Crippen molar-refractivity contribution in [1.82, 2.24) is 0 Å². The van der Waals surface area contributed by atoms with Gasteiger partial charge in [0.1, 0.15) is 0 Å². The Bertz CT molecular complexity index is 1300. The number of carboxylic acid groups (broad SMARTS) is 1. The summed E-state index contributed by atoms with van der Waals surface area (Å²) in [5, 5.41) is 9.81. The number of aliphatic carboxylic acids is 1. The van der Waals surface area contributed by atoms with Crippen LogP contribution in [0.3, 0.4) is 0 Å². The molecule has 0 aliphatic carbocycles. The lowest BCUT2D eigenvalue weighted by Gasteiger charge is -2.20. The van der Waals surface area contributed by atoms with Gasteiger partial charge in [-0.3, -0.25) is 4.79 Å². The second-order valence-electron chi connectivity index (χ2n) is 9.95. The molecule has 0 radical (unpaired) electrons. The number of carbonyl (C=O) groups is 1. The largest absolute Gasteiger partial charge is 0.481 e. The summed E-state index contributed by atoms with van der Waals surface area (Å²) in [6.07, 6.45) is -21.2. The molecule has 14 heteroatoms. The van der Waals surface area contributed by atoms with Crippen LogP contribution in [0.2, 0.25) is 0 Å². The molecule has 0 saturated carbocycles. The van der Waals surface area contributed by atoms with E-state index in [0.717, 1.165) is 18.2 Å². The Morgan fingerprint density at radius 2 is 0.833 bits per heavy atom. The van der Waals surface area contributed by atoms with Gasteiger partial charge in [-0.1, -0.05) is 26.0 Å². The van der Waals surface area contributed by atoms with Gasteiger partial charge in [-0.15, -0.1) is 0 Å². The summed E-state index contributed by atoms with van der Waals surface area (Å²) < 4.78 is 162. The number of alkyl halides is 12. The van der Waals surface area contributed by atoms with E-state index in [1.54, 1.807) is 13.8 Å². The van der Waals surface area contributed by atoms with Crippen molar-refractivity contribution >= 4 is 5.97 Å². The number of benzene rings is 3. The van der Waals surface area contributed by atoms with Gasteiger partial charge in [0, 0.05) is 0 Å². The molecule has 0 fully saturated rings. The summed E-state index contributed by atoms with van der Waals surface area (Å²) in [6.45, 7) is 3.21. The van der Waals surface area contributed by atoms with Gasteiger partial charge in [0.05, 0.1) is 28.2 Å². The topological polar surface area (TPSA) is 37.3 Å². The minimum Gasteiger partial charge on any atom is -0.481 e. The molecule has 0 heterocycles. The van der Waals surface area contributed by atoms with Crippen LogP contribution < -0.4 is 0 Å². The van der Waals surface area contributed by atoms with Gasteiger partial charge < -0.3 is 5.11 Å². The molecule has 1 unspecified atom stereocenters. The lowest BCUT2D eigenvalue weighted by molar-refractivity contribution is -0.144. The number of halogens is 12. The van der Waals surface area contributed by atoms with Crippen LogP contribution in [0.4, 0.5) is 52.7 Å². The van der Waals surface area contributed by atoms with Gasteiger partial charge in [0.25, 0.3) is 0 Å². The summed E-state index contributed by atoms with van der Waals surface area (Å²) in [5.74, 6) is -3.26. The third-order valence-corrected chi connectivity index (χ3v) is 6.20. The highest BCUT2D eigenvalue weighted by atomic mass is 19.4. The van der Waals surface area contributed by atoms with Gasteiger partial charge >= 0.3 is 30.7 Å². The molecule has 0 amide bonds. The minimum atomic E-state index is -5.26. The van der Waals surface area contributed by atoms with Crippen LogP contribution in [0.25, 0.3) is 22.3 Å². The highest BCUT2D eigenvalue weighted by Crippen LogP contribution is 2.43. The molecule has 2 nitrogen and oxygen atoms in total. The third-order valence-electron chi connectivity index (χ3n) is 6.20. The fourth-order valence-electron chi connectivity index (χ4n) is 4.28. The number of hydrogen-bond acceptors (Lipinski definition) is 1. The third kappa shape index (κ3) is 7.77. The van der Waals surface area contributed by atoms with Crippen LogP contribution in [0.15, 0.2) is 54.6 Å². The zero-order valence-corrected chi connectivity index (χ0v) is 21.4. The molecular weight excluding hydrogens is 596 g/mol. The van der Waals surface area contributed by atoms with Crippen molar-refractivity contribution in [3.8, 4) is 22.3 Å². The molecule has 0 spiro atoms. The molecule has 0 aliphatic heterocycles. The fourth-order valence-corrected chi connectivity index (χ4v) is 4.28. The van der Waals surface area contributed by atoms with Crippen molar-refractivity contribution in [1.29, 1.82) is 0 Å². The van der Waals surface area contributed by atoms with E-state index in [1.807, 2.05) is 0 Å². The highest BCUT2D eigenvalue weighted by molar-refractivity contribution is 5.81. The van der Waals surface area contributed by atoms with E-state index < -0.39 is 81.1 Å². The second-order valence-corrected chi connectivity index (χ2v) is 9.95. The molecular formula is C28H20F12O2. The molecule has 3 aromatic carbocycles. The van der Waals surface area contributed by atoms with Crippen LogP contribution in [0.1, 0.15) is 54.0 Å². The summed E-state index contributed by atoms with van der Waals surface area (Å²) >= 11 is 0. The Hall–Kier alpha value is -3.71. The number of hydrogen-bond donors (Lipinski definition) is 1. The molecule has 42 heavy (non-hydrogen) atoms. The van der Waals surface area contributed by atoms with E-state index in [9.17, 15) is 62.6 Å². The van der Waals surface area contributed by atoms with Crippen molar-refractivity contribution < 1.29 is 62.6 Å². The molecule has 3 rings (SSSR count). The number of rotatable bonds is 6. The minimum absolute atomic E-state index is 0.120. The first-order valence-electron chi connectivity index (χ1n) is 11.9. The molecule has 0 aromatic heterocycles. The summed E-state index contributed by atoms with van der Waals surface area (Å²) in [7, 11) is 0. The fraction of sp³-hybridized carbons (Fsp3) is 0.321. The molecule has 0 bridgehead atoms. The second kappa shape index (κ2) is 11.2. The van der Waals surface area contributed by atoms with E-state index in [1.165, 1.54) is 0 Å². The van der Waals surface area contributed by atoms with E-state index in [4.69, 9.17) is 0 Å². The van der Waals surface area contributed by atoms with Crippen LogP contribution in [0, 0.1) is 5.92 Å². The maximum atomic E-state index is 13.5. The molecule has 0 aliphatic rings. The molecule has 228 valence electrons. The Balaban J connectivity index is 2.44. The van der Waals surface area contributed by atoms with Gasteiger partial charge in [-0.2, -0.15) is 52.7 Å².